The van der Waals surface area contributed by atoms with Gasteiger partial charge >= 0.3 is 0 Å². The van der Waals surface area contributed by atoms with Crippen molar-refractivity contribution in [1.29, 1.82) is 5.26 Å². The lowest BCUT2D eigenvalue weighted by Gasteiger charge is -2.19. The minimum Gasteiger partial charge on any atom is -0.368 e. The Labute approximate surface area is 103 Å². The summed E-state index contributed by atoms with van der Waals surface area (Å²) in [6.07, 6.45) is 1.00. The van der Waals surface area contributed by atoms with Gasteiger partial charge in [-0.05, 0) is 12.1 Å². The molecule has 0 spiro atoms. The summed E-state index contributed by atoms with van der Waals surface area (Å²) in [7, 11) is 1.61. The molecule has 0 aliphatic carbocycles. The zero-order chi connectivity index (χ0) is 13.1. The summed E-state index contributed by atoms with van der Waals surface area (Å²) in [4.78, 5) is 8.85. The van der Waals surface area contributed by atoms with Gasteiger partial charge in [-0.1, -0.05) is 12.1 Å². The molecule has 0 aliphatic rings. The van der Waals surface area contributed by atoms with Gasteiger partial charge < -0.3 is 10.6 Å². The molecule has 0 saturated heterocycles. The highest BCUT2D eigenvalue weighted by molar-refractivity contribution is 5.67. The van der Waals surface area contributed by atoms with Crippen LogP contribution in [0.5, 0.6) is 0 Å². The summed E-state index contributed by atoms with van der Waals surface area (Å²) in [6.45, 7) is 0. The second-order valence-corrected chi connectivity index (χ2v) is 3.59. The molecule has 2 N–H and O–H groups in total. The summed E-state index contributed by atoms with van der Waals surface area (Å²) in [5.41, 5.74) is 6.41. The number of para-hydroxylation sites is 1. The average Bonchev–Trinajstić information content (AvgIpc) is 2.40. The summed E-state index contributed by atoms with van der Waals surface area (Å²) in [6, 6.07) is 8.89. The highest BCUT2D eigenvalue weighted by atomic mass is 19.1. The van der Waals surface area contributed by atoms with Crippen molar-refractivity contribution >= 4 is 17.5 Å². The van der Waals surface area contributed by atoms with Crippen LogP contribution in [0.4, 0.5) is 21.8 Å². The van der Waals surface area contributed by atoms with Crippen molar-refractivity contribution in [3.63, 3.8) is 0 Å². The van der Waals surface area contributed by atoms with Crippen molar-refractivity contribution in [3.05, 3.63) is 41.8 Å². The Bertz CT molecular complexity index is 620. The SMILES string of the molecule is CN(c1ccccc1C#N)c1nc(N)ncc1F. The number of nitrogen functional groups attached to an aromatic ring is 1. The van der Waals surface area contributed by atoms with E-state index in [1.165, 1.54) is 4.90 Å². The van der Waals surface area contributed by atoms with Gasteiger partial charge in [-0.15, -0.1) is 0 Å². The third-order valence-corrected chi connectivity index (χ3v) is 2.45. The van der Waals surface area contributed by atoms with E-state index in [-0.39, 0.29) is 11.8 Å². The molecule has 2 aromatic rings. The number of hydrogen-bond donors (Lipinski definition) is 1. The number of nitrogens with zero attached hydrogens (tertiary/aromatic N) is 4. The van der Waals surface area contributed by atoms with E-state index in [1.807, 2.05) is 6.07 Å². The smallest absolute Gasteiger partial charge is 0.222 e. The van der Waals surface area contributed by atoms with Gasteiger partial charge in [-0.2, -0.15) is 10.2 Å². The van der Waals surface area contributed by atoms with Crippen molar-refractivity contribution in [3.8, 4) is 6.07 Å². The minimum atomic E-state index is -0.598. The van der Waals surface area contributed by atoms with E-state index in [2.05, 4.69) is 9.97 Å². The van der Waals surface area contributed by atoms with Crippen LogP contribution < -0.4 is 10.6 Å². The van der Waals surface area contributed by atoms with E-state index in [0.717, 1.165) is 6.20 Å². The van der Waals surface area contributed by atoms with Gasteiger partial charge in [-0.25, -0.2) is 9.37 Å². The molecule has 0 radical (unpaired) electrons. The number of halogens is 1. The van der Waals surface area contributed by atoms with Gasteiger partial charge in [0.2, 0.25) is 5.95 Å². The van der Waals surface area contributed by atoms with Crippen LogP contribution >= 0.6 is 0 Å². The van der Waals surface area contributed by atoms with Gasteiger partial charge in [0, 0.05) is 7.05 Å². The van der Waals surface area contributed by atoms with Gasteiger partial charge in [-0.3, -0.25) is 0 Å². The van der Waals surface area contributed by atoms with Crippen molar-refractivity contribution in [2.75, 3.05) is 17.7 Å². The Morgan fingerprint density at radius 3 is 2.83 bits per heavy atom. The van der Waals surface area contributed by atoms with Crippen LogP contribution in [-0.4, -0.2) is 17.0 Å². The van der Waals surface area contributed by atoms with Crippen LogP contribution in [0.25, 0.3) is 0 Å². The molecule has 0 atom stereocenters. The fraction of sp³-hybridized carbons (Fsp3) is 0.0833. The van der Waals surface area contributed by atoms with E-state index in [0.29, 0.717) is 11.3 Å². The Hall–Kier alpha value is -2.68. The Morgan fingerprint density at radius 2 is 2.11 bits per heavy atom. The van der Waals surface area contributed by atoms with E-state index in [1.54, 1.807) is 31.3 Å². The third-order valence-electron chi connectivity index (χ3n) is 2.45. The van der Waals surface area contributed by atoms with Crippen LogP contribution in [0.15, 0.2) is 30.5 Å². The number of rotatable bonds is 2. The standard InChI is InChI=1S/C12H10FN5/c1-18(10-5-3-2-4-8(10)6-14)11-9(13)7-16-12(15)17-11/h2-5,7H,1H3,(H2,15,16,17). The Kier molecular flexibility index (Phi) is 3.06. The fourth-order valence-corrected chi connectivity index (χ4v) is 1.58. The molecule has 90 valence electrons. The Balaban J connectivity index is 2.51. The maximum atomic E-state index is 13.6. The largest absolute Gasteiger partial charge is 0.368 e. The lowest BCUT2D eigenvalue weighted by molar-refractivity contribution is 0.614. The molecule has 0 fully saturated rings. The summed E-state index contributed by atoms with van der Waals surface area (Å²) < 4.78 is 13.6. The number of nitrogens with two attached hydrogens (primary N) is 1. The second kappa shape index (κ2) is 4.67. The van der Waals surface area contributed by atoms with Crippen molar-refractivity contribution in [2.45, 2.75) is 0 Å². The zero-order valence-electron chi connectivity index (χ0n) is 9.63. The maximum absolute atomic E-state index is 13.6. The summed E-state index contributed by atoms with van der Waals surface area (Å²) in [5.74, 6) is -0.586. The van der Waals surface area contributed by atoms with Crippen molar-refractivity contribution in [1.82, 2.24) is 9.97 Å². The molecule has 0 bridgehead atoms. The first-order valence-corrected chi connectivity index (χ1v) is 5.14. The maximum Gasteiger partial charge on any atom is 0.222 e. The summed E-state index contributed by atoms with van der Waals surface area (Å²) in [5, 5.41) is 9.01. The van der Waals surface area contributed by atoms with E-state index < -0.39 is 5.82 Å². The fourth-order valence-electron chi connectivity index (χ4n) is 1.58. The molecule has 1 aromatic carbocycles. The molecule has 5 nitrogen and oxygen atoms in total. The first-order valence-electron chi connectivity index (χ1n) is 5.14. The molecule has 1 heterocycles. The molecule has 2 rings (SSSR count). The van der Waals surface area contributed by atoms with Gasteiger partial charge in [0.1, 0.15) is 6.07 Å². The normalized spacial score (nSPS) is 9.83. The topological polar surface area (TPSA) is 78.8 Å². The first-order chi connectivity index (χ1) is 8.63. The van der Waals surface area contributed by atoms with Crippen LogP contribution in [0, 0.1) is 17.1 Å². The van der Waals surface area contributed by atoms with Gasteiger partial charge in [0.05, 0.1) is 17.4 Å². The predicted molar refractivity (Wildman–Crippen MR) is 65.6 cm³/mol. The van der Waals surface area contributed by atoms with E-state index in [9.17, 15) is 4.39 Å². The zero-order valence-corrected chi connectivity index (χ0v) is 9.63. The van der Waals surface area contributed by atoms with Crippen LogP contribution in [0.1, 0.15) is 5.56 Å². The molecular formula is C12H10FN5. The van der Waals surface area contributed by atoms with Crippen LogP contribution in [0.2, 0.25) is 0 Å². The third kappa shape index (κ3) is 2.06. The van der Waals surface area contributed by atoms with Gasteiger partial charge in [0.25, 0.3) is 0 Å². The highest BCUT2D eigenvalue weighted by Gasteiger charge is 2.14. The van der Waals surface area contributed by atoms with Gasteiger partial charge in [0.15, 0.2) is 11.6 Å². The highest BCUT2D eigenvalue weighted by Crippen LogP contribution is 2.26. The minimum absolute atomic E-state index is 0.0207. The quantitative estimate of drug-likeness (QED) is 0.870. The molecular weight excluding hydrogens is 233 g/mol. The first kappa shape index (κ1) is 11.8. The lowest BCUT2D eigenvalue weighted by atomic mass is 10.2. The predicted octanol–water partition coefficient (Wildman–Crippen LogP) is 1.84. The molecule has 0 amide bonds. The van der Waals surface area contributed by atoms with Crippen molar-refractivity contribution in [2.24, 2.45) is 0 Å². The van der Waals surface area contributed by atoms with E-state index in [4.69, 9.17) is 11.0 Å². The lowest BCUT2D eigenvalue weighted by Crippen LogP contribution is -2.15. The average molecular weight is 243 g/mol. The monoisotopic (exact) mass is 243 g/mol. The Morgan fingerprint density at radius 1 is 1.39 bits per heavy atom. The van der Waals surface area contributed by atoms with Crippen LogP contribution in [0.3, 0.4) is 0 Å². The molecule has 6 heteroatoms. The second-order valence-electron chi connectivity index (χ2n) is 3.59. The van der Waals surface area contributed by atoms with E-state index >= 15 is 0 Å². The molecule has 18 heavy (non-hydrogen) atoms. The molecule has 0 aliphatic heterocycles. The number of aromatic nitrogens is 2. The number of anilines is 3. The molecule has 1 aromatic heterocycles. The van der Waals surface area contributed by atoms with Crippen LogP contribution in [-0.2, 0) is 0 Å². The molecule has 0 unspecified atom stereocenters. The number of nitriles is 1. The summed E-state index contributed by atoms with van der Waals surface area (Å²) >= 11 is 0. The molecule has 0 saturated carbocycles. The number of hydrogen-bond acceptors (Lipinski definition) is 5. The van der Waals surface area contributed by atoms with Crippen molar-refractivity contribution < 1.29 is 4.39 Å². The number of benzene rings is 1.